The zero-order valence-electron chi connectivity index (χ0n) is 15.4. The molecular weight excluding hydrogens is 408 g/mol. The van der Waals surface area contributed by atoms with Crippen molar-refractivity contribution in [1.82, 2.24) is 15.6 Å². The monoisotopic (exact) mass is 428 g/mol. The first kappa shape index (κ1) is 20.6. The number of nitrogens with zero attached hydrogens (tertiary/aromatic N) is 3. The Hall–Kier alpha value is -2.16. The van der Waals surface area contributed by atoms with Crippen LogP contribution in [0.4, 0.5) is 0 Å². The molecule has 1 amide bonds. The van der Waals surface area contributed by atoms with E-state index in [9.17, 15) is 4.79 Å². The fraction of sp³-hybridized carbons (Fsp3) is 0.200. The summed E-state index contributed by atoms with van der Waals surface area (Å²) in [7, 11) is 0. The molecule has 28 heavy (non-hydrogen) atoms. The molecule has 1 heterocycles. The van der Waals surface area contributed by atoms with Gasteiger partial charge in [-0.2, -0.15) is 5.10 Å². The molecule has 1 N–H and O–H groups in total. The van der Waals surface area contributed by atoms with Gasteiger partial charge in [0.05, 0.1) is 12.0 Å². The zero-order chi connectivity index (χ0) is 19.6. The maximum absolute atomic E-state index is 11.9. The lowest BCUT2D eigenvalue weighted by Crippen LogP contribution is -2.19. The van der Waals surface area contributed by atoms with Crippen LogP contribution in [0.5, 0.6) is 0 Å². The van der Waals surface area contributed by atoms with Crippen molar-refractivity contribution in [3.63, 3.8) is 0 Å². The summed E-state index contributed by atoms with van der Waals surface area (Å²) < 4.78 is 1.69. The van der Waals surface area contributed by atoms with Crippen LogP contribution in [0.25, 0.3) is 0 Å². The zero-order valence-corrected chi connectivity index (χ0v) is 17.8. The summed E-state index contributed by atoms with van der Waals surface area (Å²) in [6, 6.07) is 18.3. The average Bonchev–Trinajstić information content (AvgIpc) is 3.20. The third-order valence-electron chi connectivity index (χ3n) is 3.71. The highest BCUT2D eigenvalue weighted by Gasteiger charge is 2.08. The maximum Gasteiger partial charge on any atom is 0.250 e. The van der Waals surface area contributed by atoms with E-state index < -0.39 is 0 Å². The second kappa shape index (κ2) is 11.0. The summed E-state index contributed by atoms with van der Waals surface area (Å²) >= 11 is 4.52. The van der Waals surface area contributed by atoms with Crippen molar-refractivity contribution in [2.75, 3.05) is 5.75 Å². The van der Waals surface area contributed by atoms with E-state index in [4.69, 9.17) is 0 Å². The molecule has 0 atom stereocenters. The fourth-order valence-corrected chi connectivity index (χ4v) is 4.98. The Morgan fingerprint density at radius 3 is 2.46 bits per heavy atom. The summed E-state index contributed by atoms with van der Waals surface area (Å²) in [4.78, 5) is 11.9. The van der Waals surface area contributed by atoms with Crippen LogP contribution in [0.1, 0.15) is 23.6 Å². The lowest BCUT2D eigenvalue weighted by Gasteiger charge is -1.99. The number of thioether (sulfide) groups is 2. The van der Waals surface area contributed by atoms with E-state index in [0.29, 0.717) is 0 Å². The first-order valence-corrected chi connectivity index (χ1v) is 11.6. The Bertz CT molecular complexity index is 911. The molecule has 0 spiro atoms. The van der Waals surface area contributed by atoms with Gasteiger partial charge in [0.1, 0.15) is 0 Å². The van der Waals surface area contributed by atoms with Crippen LogP contribution in [0.2, 0.25) is 0 Å². The predicted molar refractivity (Wildman–Crippen MR) is 118 cm³/mol. The van der Waals surface area contributed by atoms with Crippen molar-refractivity contribution in [1.29, 1.82) is 0 Å². The van der Waals surface area contributed by atoms with E-state index in [1.54, 1.807) is 18.0 Å². The number of benzene rings is 2. The summed E-state index contributed by atoms with van der Waals surface area (Å²) in [5, 5.41) is 12.3. The second-order valence-electron chi connectivity index (χ2n) is 5.79. The number of hydrogen-bond acceptors (Lipinski definition) is 7. The molecule has 144 valence electrons. The summed E-state index contributed by atoms with van der Waals surface area (Å²) in [6.45, 7) is 2.11. The van der Waals surface area contributed by atoms with Gasteiger partial charge in [0, 0.05) is 5.75 Å². The number of rotatable bonds is 9. The molecule has 0 aliphatic heterocycles. The molecule has 1 aromatic heterocycles. The van der Waals surface area contributed by atoms with Gasteiger partial charge in [0.25, 0.3) is 5.91 Å². The Balaban J connectivity index is 1.39. The predicted octanol–water partition coefficient (Wildman–Crippen LogP) is 4.64. The third kappa shape index (κ3) is 6.78. The topological polar surface area (TPSA) is 67.2 Å². The number of carbonyl (C=O) groups excluding carboxylic acids is 1. The van der Waals surface area contributed by atoms with Gasteiger partial charge >= 0.3 is 0 Å². The molecule has 0 radical (unpaired) electrons. The van der Waals surface area contributed by atoms with Crippen LogP contribution >= 0.6 is 34.9 Å². The standard InChI is InChI=1S/C20H20N4OS3/c1-2-15-8-10-16(11-9-15)12-21-22-18(25)14-27-20-24-23-19(28-20)26-13-17-6-4-3-5-7-17/h3-12H,2,13-14H2,1H3,(H,22,25)/b21-12-. The molecule has 0 saturated heterocycles. The van der Waals surface area contributed by atoms with Crippen LogP contribution in [-0.4, -0.2) is 28.1 Å². The maximum atomic E-state index is 11.9. The van der Waals surface area contributed by atoms with Gasteiger partial charge < -0.3 is 0 Å². The van der Waals surface area contributed by atoms with Crippen LogP contribution < -0.4 is 5.43 Å². The molecule has 5 nitrogen and oxygen atoms in total. The lowest BCUT2D eigenvalue weighted by molar-refractivity contribution is -0.118. The Morgan fingerprint density at radius 2 is 1.75 bits per heavy atom. The Morgan fingerprint density at radius 1 is 1.04 bits per heavy atom. The molecule has 0 unspecified atom stereocenters. The quantitative estimate of drug-likeness (QED) is 0.306. The van der Waals surface area contributed by atoms with Gasteiger partial charge in [-0.15, -0.1) is 10.2 Å². The van der Waals surface area contributed by atoms with Crippen molar-refractivity contribution >= 4 is 47.0 Å². The van der Waals surface area contributed by atoms with Gasteiger partial charge in [0.2, 0.25) is 0 Å². The minimum atomic E-state index is -0.167. The van der Waals surface area contributed by atoms with Gasteiger partial charge in [0.15, 0.2) is 8.68 Å². The minimum Gasteiger partial charge on any atom is -0.272 e. The van der Waals surface area contributed by atoms with Crippen LogP contribution in [0, 0.1) is 0 Å². The number of aromatic nitrogens is 2. The highest BCUT2D eigenvalue weighted by molar-refractivity contribution is 8.03. The largest absolute Gasteiger partial charge is 0.272 e. The van der Waals surface area contributed by atoms with Crippen molar-refractivity contribution < 1.29 is 4.79 Å². The van der Waals surface area contributed by atoms with Gasteiger partial charge in [-0.25, -0.2) is 5.43 Å². The molecule has 0 fully saturated rings. The molecule has 0 bridgehead atoms. The van der Waals surface area contributed by atoms with E-state index >= 15 is 0 Å². The summed E-state index contributed by atoms with van der Waals surface area (Å²) in [5.74, 6) is 0.943. The number of hydrogen-bond donors (Lipinski definition) is 1. The average molecular weight is 429 g/mol. The number of carbonyl (C=O) groups is 1. The molecule has 3 aromatic rings. The normalized spacial score (nSPS) is 11.0. The van der Waals surface area contributed by atoms with E-state index in [1.807, 2.05) is 30.3 Å². The lowest BCUT2D eigenvalue weighted by atomic mass is 10.1. The SMILES string of the molecule is CCc1ccc(/C=N\NC(=O)CSc2nnc(SCc3ccccc3)s2)cc1. The first-order valence-electron chi connectivity index (χ1n) is 8.77. The van der Waals surface area contributed by atoms with E-state index in [1.165, 1.54) is 34.2 Å². The Labute approximate surface area is 177 Å². The molecule has 3 rings (SSSR count). The van der Waals surface area contributed by atoms with Gasteiger partial charge in [-0.1, -0.05) is 96.4 Å². The molecule has 0 aliphatic carbocycles. The van der Waals surface area contributed by atoms with Crippen molar-refractivity contribution in [3.8, 4) is 0 Å². The summed E-state index contributed by atoms with van der Waals surface area (Å²) in [5.41, 5.74) is 6.02. The van der Waals surface area contributed by atoms with Crippen molar-refractivity contribution in [3.05, 3.63) is 71.3 Å². The fourth-order valence-electron chi connectivity index (χ4n) is 2.21. The van der Waals surface area contributed by atoms with Crippen LogP contribution in [0.3, 0.4) is 0 Å². The molecule has 8 heteroatoms. The van der Waals surface area contributed by atoms with Crippen molar-refractivity contribution in [2.45, 2.75) is 27.8 Å². The van der Waals surface area contributed by atoms with E-state index in [-0.39, 0.29) is 11.7 Å². The first-order chi connectivity index (χ1) is 13.7. The molecule has 0 aliphatic rings. The van der Waals surface area contributed by atoms with Gasteiger partial charge in [-0.05, 0) is 23.1 Å². The Kier molecular flexibility index (Phi) is 8.07. The highest BCUT2D eigenvalue weighted by atomic mass is 32.2. The second-order valence-corrected chi connectivity index (χ2v) is 9.21. The summed E-state index contributed by atoms with van der Waals surface area (Å²) in [6.07, 6.45) is 2.65. The van der Waals surface area contributed by atoms with E-state index in [2.05, 4.69) is 51.9 Å². The molecular formula is C20H20N4OS3. The number of aryl methyl sites for hydroxylation is 1. The van der Waals surface area contributed by atoms with E-state index in [0.717, 1.165) is 26.4 Å². The number of amides is 1. The number of nitrogens with one attached hydrogen (secondary N) is 1. The number of hydrazone groups is 1. The smallest absolute Gasteiger partial charge is 0.250 e. The molecule has 2 aromatic carbocycles. The van der Waals surface area contributed by atoms with Crippen LogP contribution in [0.15, 0.2) is 68.4 Å². The highest BCUT2D eigenvalue weighted by Crippen LogP contribution is 2.30. The third-order valence-corrected chi connectivity index (χ3v) is 6.97. The minimum absolute atomic E-state index is 0.167. The van der Waals surface area contributed by atoms with Gasteiger partial charge in [-0.3, -0.25) is 4.79 Å². The van der Waals surface area contributed by atoms with Crippen molar-refractivity contribution in [2.24, 2.45) is 5.10 Å². The molecule has 0 saturated carbocycles. The van der Waals surface area contributed by atoms with Crippen LogP contribution in [-0.2, 0) is 17.0 Å².